The number of hydrogen-bond acceptors (Lipinski definition) is 5. The highest BCUT2D eigenvalue weighted by atomic mass is 19.1. The van der Waals surface area contributed by atoms with Gasteiger partial charge < -0.3 is 14.2 Å². The van der Waals surface area contributed by atoms with Gasteiger partial charge in [0.05, 0.1) is 0 Å². The van der Waals surface area contributed by atoms with Crippen LogP contribution in [0.15, 0.2) is 48.5 Å². The summed E-state index contributed by atoms with van der Waals surface area (Å²) in [6, 6.07) is 10.6. The lowest BCUT2D eigenvalue weighted by atomic mass is 10.2. The summed E-state index contributed by atoms with van der Waals surface area (Å²) >= 11 is 0. The highest BCUT2D eigenvalue weighted by Crippen LogP contribution is 2.32. The van der Waals surface area contributed by atoms with Gasteiger partial charge >= 0.3 is 0 Å². The molecule has 0 saturated heterocycles. The fourth-order valence-corrected chi connectivity index (χ4v) is 2.10. The molecular weight excluding hydrogens is 343 g/mol. The van der Waals surface area contributed by atoms with E-state index >= 15 is 0 Å². The molecule has 2 amide bonds. The first-order chi connectivity index (χ1) is 12.6. The molecule has 0 aromatic heterocycles. The number of rotatable bonds is 5. The summed E-state index contributed by atoms with van der Waals surface area (Å²) in [6.45, 7) is -0.192. The molecule has 0 spiro atoms. The second-order valence-electron chi connectivity index (χ2n) is 5.23. The molecule has 1 heterocycles. The van der Waals surface area contributed by atoms with Gasteiger partial charge in [-0.25, -0.2) is 4.39 Å². The Labute approximate surface area is 148 Å². The first-order valence-corrected chi connectivity index (χ1v) is 7.65. The fraction of sp³-hybridized carbons (Fsp3) is 0.111. The Morgan fingerprint density at radius 2 is 1.96 bits per heavy atom. The van der Waals surface area contributed by atoms with Gasteiger partial charge in [-0.05, 0) is 35.9 Å². The van der Waals surface area contributed by atoms with Crippen molar-refractivity contribution in [3.05, 3.63) is 59.9 Å². The molecule has 0 radical (unpaired) electrons. The molecule has 0 fully saturated rings. The third kappa shape index (κ3) is 4.73. The molecule has 0 unspecified atom stereocenters. The number of hydrogen-bond donors (Lipinski definition) is 2. The second-order valence-corrected chi connectivity index (χ2v) is 5.23. The van der Waals surface area contributed by atoms with Crippen molar-refractivity contribution < 1.29 is 28.2 Å². The van der Waals surface area contributed by atoms with Crippen molar-refractivity contribution in [2.75, 3.05) is 13.4 Å². The highest BCUT2D eigenvalue weighted by Gasteiger charge is 2.12. The zero-order chi connectivity index (χ0) is 18.4. The molecule has 2 aromatic carbocycles. The van der Waals surface area contributed by atoms with Gasteiger partial charge in [-0.15, -0.1) is 0 Å². The predicted molar refractivity (Wildman–Crippen MR) is 89.8 cm³/mol. The molecule has 1 aliphatic rings. The van der Waals surface area contributed by atoms with E-state index in [0.717, 1.165) is 11.6 Å². The first kappa shape index (κ1) is 17.3. The lowest BCUT2D eigenvalue weighted by Crippen LogP contribution is -2.43. The van der Waals surface area contributed by atoms with Crippen LogP contribution in [0.2, 0.25) is 0 Å². The van der Waals surface area contributed by atoms with E-state index in [9.17, 15) is 14.0 Å². The molecule has 7 nitrogen and oxygen atoms in total. The number of amides is 2. The van der Waals surface area contributed by atoms with E-state index in [1.165, 1.54) is 24.3 Å². The van der Waals surface area contributed by atoms with E-state index < -0.39 is 17.6 Å². The number of carbonyl (C=O) groups is 2. The van der Waals surface area contributed by atoms with Crippen LogP contribution < -0.4 is 25.1 Å². The van der Waals surface area contributed by atoms with Crippen molar-refractivity contribution in [3.8, 4) is 17.2 Å². The van der Waals surface area contributed by atoms with Crippen molar-refractivity contribution in [2.45, 2.75) is 0 Å². The van der Waals surface area contributed by atoms with Crippen molar-refractivity contribution in [2.24, 2.45) is 0 Å². The molecule has 2 N–H and O–H groups in total. The van der Waals surface area contributed by atoms with Crippen LogP contribution in [0.5, 0.6) is 17.2 Å². The maximum Gasteiger partial charge on any atom is 0.276 e. The molecule has 0 saturated carbocycles. The first-order valence-electron chi connectivity index (χ1n) is 7.65. The Morgan fingerprint density at radius 3 is 2.81 bits per heavy atom. The largest absolute Gasteiger partial charge is 0.484 e. The third-order valence-corrected chi connectivity index (χ3v) is 3.31. The minimum Gasteiger partial charge on any atom is -0.484 e. The lowest BCUT2D eigenvalue weighted by Gasteiger charge is -2.07. The van der Waals surface area contributed by atoms with Crippen molar-refractivity contribution in [1.29, 1.82) is 0 Å². The minimum atomic E-state index is -0.584. The Morgan fingerprint density at radius 1 is 1.12 bits per heavy atom. The van der Waals surface area contributed by atoms with Crippen molar-refractivity contribution in [3.63, 3.8) is 0 Å². The quantitative estimate of drug-likeness (QED) is 0.629. The molecule has 134 valence electrons. The van der Waals surface area contributed by atoms with Gasteiger partial charge in [-0.3, -0.25) is 20.4 Å². The minimum absolute atomic E-state index is 0.173. The van der Waals surface area contributed by atoms with Crippen LogP contribution in [-0.4, -0.2) is 25.2 Å². The van der Waals surface area contributed by atoms with Gasteiger partial charge in [-0.1, -0.05) is 12.1 Å². The van der Waals surface area contributed by atoms with Crippen LogP contribution >= 0.6 is 0 Å². The number of carbonyl (C=O) groups excluding carboxylic acids is 2. The topological polar surface area (TPSA) is 85.9 Å². The molecule has 0 aliphatic carbocycles. The smallest absolute Gasteiger partial charge is 0.276 e. The van der Waals surface area contributed by atoms with Crippen LogP contribution in [-0.2, 0) is 9.59 Å². The summed E-state index contributed by atoms with van der Waals surface area (Å²) in [5, 5.41) is 0. The molecule has 0 bridgehead atoms. The highest BCUT2D eigenvalue weighted by molar-refractivity contribution is 5.93. The molecule has 1 aliphatic heterocycles. The van der Waals surface area contributed by atoms with Crippen LogP contribution in [0, 0.1) is 5.82 Å². The number of benzene rings is 2. The summed E-state index contributed by atoms with van der Waals surface area (Å²) in [5.74, 6) is -0.104. The van der Waals surface area contributed by atoms with Crippen LogP contribution in [0.3, 0.4) is 0 Å². The lowest BCUT2D eigenvalue weighted by molar-refractivity contribution is -0.128. The Hall–Kier alpha value is -3.55. The van der Waals surface area contributed by atoms with Gasteiger partial charge in [0.15, 0.2) is 18.1 Å². The summed E-state index contributed by atoms with van der Waals surface area (Å²) in [7, 11) is 0. The van der Waals surface area contributed by atoms with E-state index in [1.54, 1.807) is 24.3 Å². The number of fused-ring (bicyclic) bond motifs is 1. The van der Waals surface area contributed by atoms with Crippen LogP contribution in [0.4, 0.5) is 4.39 Å². The van der Waals surface area contributed by atoms with E-state index in [2.05, 4.69) is 10.9 Å². The Bertz CT molecular complexity index is 853. The number of halogens is 1. The fourth-order valence-electron chi connectivity index (χ4n) is 2.10. The average Bonchev–Trinajstić information content (AvgIpc) is 3.11. The summed E-state index contributed by atoms with van der Waals surface area (Å²) in [6.07, 6.45) is 2.82. The van der Waals surface area contributed by atoms with E-state index in [1.807, 2.05) is 0 Å². The van der Waals surface area contributed by atoms with Gasteiger partial charge in [0.25, 0.3) is 11.8 Å². The molecule has 8 heteroatoms. The predicted octanol–water partition coefficient (Wildman–Crippen LogP) is 1.79. The maximum atomic E-state index is 13.0. The maximum absolute atomic E-state index is 13.0. The molecule has 3 rings (SSSR count). The van der Waals surface area contributed by atoms with Crippen molar-refractivity contribution >= 4 is 17.9 Å². The summed E-state index contributed by atoms with van der Waals surface area (Å²) in [5.41, 5.74) is 5.15. The zero-order valence-electron chi connectivity index (χ0n) is 13.5. The SMILES string of the molecule is O=C(C=Cc1ccc2c(c1)OCO2)NNC(=O)COc1cccc(F)c1. The molecule has 2 aromatic rings. The van der Waals surface area contributed by atoms with Crippen LogP contribution in [0.1, 0.15) is 5.56 Å². The van der Waals surface area contributed by atoms with E-state index in [0.29, 0.717) is 11.5 Å². The Balaban J connectivity index is 1.42. The monoisotopic (exact) mass is 358 g/mol. The molecule has 0 atom stereocenters. The zero-order valence-corrected chi connectivity index (χ0v) is 13.5. The van der Waals surface area contributed by atoms with E-state index in [-0.39, 0.29) is 19.1 Å². The average molecular weight is 358 g/mol. The van der Waals surface area contributed by atoms with E-state index in [4.69, 9.17) is 14.2 Å². The second kappa shape index (κ2) is 8.02. The number of ether oxygens (including phenoxy) is 3. The normalized spacial score (nSPS) is 12.0. The standard InChI is InChI=1S/C18H15FN2O5/c19-13-2-1-3-14(9-13)24-10-18(23)21-20-17(22)7-5-12-4-6-15-16(8-12)26-11-25-15/h1-9H,10-11H2,(H,20,22)(H,21,23). The van der Waals surface area contributed by atoms with Gasteiger partial charge in [-0.2, -0.15) is 0 Å². The summed E-state index contributed by atoms with van der Waals surface area (Å²) < 4.78 is 28.5. The molecule has 26 heavy (non-hydrogen) atoms. The van der Waals surface area contributed by atoms with Gasteiger partial charge in [0.2, 0.25) is 6.79 Å². The summed E-state index contributed by atoms with van der Waals surface area (Å²) in [4.78, 5) is 23.3. The van der Waals surface area contributed by atoms with Crippen LogP contribution in [0.25, 0.3) is 6.08 Å². The number of hydrazine groups is 1. The van der Waals surface area contributed by atoms with Crippen molar-refractivity contribution in [1.82, 2.24) is 10.9 Å². The molecular formula is C18H15FN2O5. The third-order valence-electron chi connectivity index (χ3n) is 3.31. The van der Waals surface area contributed by atoms with Gasteiger partial charge in [0.1, 0.15) is 11.6 Å². The Kier molecular flexibility index (Phi) is 5.33. The number of nitrogens with one attached hydrogen (secondary N) is 2. The van der Waals surface area contributed by atoms with Gasteiger partial charge in [0, 0.05) is 12.1 Å².